The summed E-state index contributed by atoms with van der Waals surface area (Å²) in [6, 6.07) is 10.3. The zero-order chi connectivity index (χ0) is 13.0. The lowest BCUT2D eigenvalue weighted by Crippen LogP contribution is -2.41. The third-order valence-electron chi connectivity index (χ3n) is 3.62. The summed E-state index contributed by atoms with van der Waals surface area (Å²) in [5.74, 6) is 0. The maximum Gasteiger partial charge on any atom is 0.0991 e. The molecule has 0 aromatic heterocycles. The quantitative estimate of drug-likeness (QED) is 0.859. The molecule has 0 spiro atoms. The molecule has 1 aliphatic rings. The molecule has 0 aliphatic carbocycles. The topological polar surface area (TPSA) is 56.0 Å². The summed E-state index contributed by atoms with van der Waals surface area (Å²) < 4.78 is 0. The van der Waals surface area contributed by atoms with Gasteiger partial charge in [0, 0.05) is 12.1 Å². The fraction of sp³-hybridized carbons (Fsp3) is 0.533. The molecule has 1 fully saturated rings. The molecule has 0 bridgehead atoms. The summed E-state index contributed by atoms with van der Waals surface area (Å²) in [4.78, 5) is 0. The van der Waals surface area contributed by atoms with Crippen LogP contribution in [0.1, 0.15) is 49.8 Å². The number of hydrogen-bond acceptors (Lipinski definition) is 3. The number of benzene rings is 1. The van der Waals surface area contributed by atoms with Crippen molar-refractivity contribution in [3.05, 3.63) is 35.4 Å². The molecule has 1 aliphatic heterocycles. The average Bonchev–Trinajstić information content (AvgIpc) is 2.39. The van der Waals surface area contributed by atoms with Crippen molar-refractivity contribution in [1.29, 1.82) is 5.26 Å². The van der Waals surface area contributed by atoms with Crippen LogP contribution in [0.25, 0.3) is 0 Å². The van der Waals surface area contributed by atoms with E-state index < -0.39 is 6.10 Å². The molecule has 18 heavy (non-hydrogen) atoms. The van der Waals surface area contributed by atoms with Gasteiger partial charge >= 0.3 is 0 Å². The molecule has 0 amide bonds. The van der Waals surface area contributed by atoms with E-state index in [1.807, 2.05) is 12.1 Å². The first-order valence-electron chi connectivity index (χ1n) is 6.63. The number of aliphatic hydroxyl groups excluding tert-OH is 1. The Bertz CT molecular complexity index is 438. The third-order valence-corrected chi connectivity index (χ3v) is 3.62. The molecule has 1 heterocycles. The van der Waals surface area contributed by atoms with Gasteiger partial charge in [0.15, 0.2) is 0 Å². The summed E-state index contributed by atoms with van der Waals surface area (Å²) in [5, 5.41) is 22.6. The minimum Gasteiger partial charge on any atom is -0.388 e. The van der Waals surface area contributed by atoms with Crippen molar-refractivity contribution in [2.45, 2.75) is 50.8 Å². The molecule has 2 N–H and O–H groups in total. The normalized spacial score (nSPS) is 25.4. The van der Waals surface area contributed by atoms with Crippen LogP contribution in [0.4, 0.5) is 0 Å². The Morgan fingerprint density at radius 3 is 3.06 bits per heavy atom. The van der Waals surface area contributed by atoms with Crippen molar-refractivity contribution in [3.63, 3.8) is 0 Å². The van der Waals surface area contributed by atoms with Crippen LogP contribution >= 0.6 is 0 Å². The first-order valence-corrected chi connectivity index (χ1v) is 6.63. The standard InChI is InChI=1S/C15H20N2O/c1-11-4-2-7-14(17-11)9-15(18)13-6-3-5-12(8-13)10-16/h3,5-6,8,11,14-15,17-18H,2,4,7,9H2,1H3. The van der Waals surface area contributed by atoms with E-state index >= 15 is 0 Å². The second-order valence-electron chi connectivity index (χ2n) is 5.18. The summed E-state index contributed by atoms with van der Waals surface area (Å²) in [6.07, 6.45) is 3.81. The van der Waals surface area contributed by atoms with Gasteiger partial charge in [-0.25, -0.2) is 0 Å². The first-order chi connectivity index (χ1) is 8.69. The van der Waals surface area contributed by atoms with Gasteiger partial charge in [0.2, 0.25) is 0 Å². The Kier molecular flexibility index (Phi) is 4.35. The molecule has 0 radical (unpaired) electrons. The van der Waals surface area contributed by atoms with Crippen molar-refractivity contribution in [3.8, 4) is 6.07 Å². The molecule has 96 valence electrons. The average molecular weight is 244 g/mol. The molecule has 1 saturated heterocycles. The van der Waals surface area contributed by atoms with Gasteiger partial charge in [-0.1, -0.05) is 18.6 Å². The highest BCUT2D eigenvalue weighted by molar-refractivity contribution is 5.33. The van der Waals surface area contributed by atoms with Gasteiger partial charge in [0.1, 0.15) is 0 Å². The fourth-order valence-electron chi connectivity index (χ4n) is 2.65. The lowest BCUT2D eigenvalue weighted by molar-refractivity contribution is 0.139. The first kappa shape index (κ1) is 13.1. The summed E-state index contributed by atoms with van der Waals surface area (Å²) >= 11 is 0. The molecule has 0 saturated carbocycles. The minimum atomic E-state index is -0.485. The predicted octanol–water partition coefficient (Wildman–Crippen LogP) is 2.51. The number of nitrogens with zero attached hydrogens (tertiary/aromatic N) is 1. The lowest BCUT2D eigenvalue weighted by Gasteiger charge is -2.30. The number of hydrogen-bond donors (Lipinski definition) is 2. The maximum absolute atomic E-state index is 10.2. The van der Waals surface area contributed by atoms with Crippen LogP contribution in [-0.4, -0.2) is 17.2 Å². The Morgan fingerprint density at radius 1 is 1.50 bits per heavy atom. The van der Waals surface area contributed by atoms with E-state index in [-0.39, 0.29) is 0 Å². The van der Waals surface area contributed by atoms with Crippen LogP contribution in [0.2, 0.25) is 0 Å². The highest BCUT2D eigenvalue weighted by Crippen LogP contribution is 2.24. The van der Waals surface area contributed by atoms with E-state index in [4.69, 9.17) is 5.26 Å². The van der Waals surface area contributed by atoms with E-state index in [1.54, 1.807) is 12.1 Å². The lowest BCUT2D eigenvalue weighted by atomic mass is 9.93. The maximum atomic E-state index is 10.2. The Labute approximate surface area is 108 Å². The third kappa shape index (κ3) is 3.32. The molecule has 1 aromatic carbocycles. The van der Waals surface area contributed by atoms with E-state index in [1.165, 1.54) is 12.8 Å². The van der Waals surface area contributed by atoms with E-state index in [0.717, 1.165) is 18.4 Å². The van der Waals surface area contributed by atoms with Crippen LogP contribution in [0, 0.1) is 11.3 Å². The summed E-state index contributed by atoms with van der Waals surface area (Å²) in [5.41, 5.74) is 1.45. The number of nitriles is 1. The van der Waals surface area contributed by atoms with Crippen LogP contribution in [0.15, 0.2) is 24.3 Å². The van der Waals surface area contributed by atoms with E-state index in [0.29, 0.717) is 17.6 Å². The minimum absolute atomic E-state index is 0.384. The largest absolute Gasteiger partial charge is 0.388 e. The van der Waals surface area contributed by atoms with Gasteiger partial charge < -0.3 is 10.4 Å². The van der Waals surface area contributed by atoms with Crippen LogP contribution in [0.3, 0.4) is 0 Å². The van der Waals surface area contributed by atoms with Gasteiger partial charge in [-0.2, -0.15) is 5.26 Å². The highest BCUT2D eigenvalue weighted by Gasteiger charge is 2.21. The van der Waals surface area contributed by atoms with Crippen molar-refractivity contribution >= 4 is 0 Å². The molecule has 3 unspecified atom stereocenters. The number of piperidine rings is 1. The van der Waals surface area contributed by atoms with Gasteiger partial charge in [0.25, 0.3) is 0 Å². The SMILES string of the molecule is CC1CCCC(CC(O)c2cccc(C#N)c2)N1. The second kappa shape index (κ2) is 5.99. The van der Waals surface area contributed by atoms with Crippen LogP contribution in [-0.2, 0) is 0 Å². The van der Waals surface area contributed by atoms with Crippen LogP contribution < -0.4 is 5.32 Å². The van der Waals surface area contributed by atoms with Crippen molar-refractivity contribution in [1.82, 2.24) is 5.32 Å². The van der Waals surface area contributed by atoms with Gasteiger partial charge in [-0.05, 0) is 43.9 Å². The number of rotatable bonds is 3. The summed E-state index contributed by atoms with van der Waals surface area (Å²) in [6.45, 7) is 2.19. The molecule has 3 nitrogen and oxygen atoms in total. The smallest absolute Gasteiger partial charge is 0.0991 e. The Morgan fingerprint density at radius 2 is 2.33 bits per heavy atom. The van der Waals surface area contributed by atoms with E-state index in [9.17, 15) is 5.11 Å². The molecule has 3 atom stereocenters. The zero-order valence-corrected chi connectivity index (χ0v) is 10.8. The molecule has 2 rings (SSSR count). The number of aliphatic hydroxyl groups is 1. The van der Waals surface area contributed by atoms with Crippen molar-refractivity contribution in [2.75, 3.05) is 0 Å². The van der Waals surface area contributed by atoms with Crippen LogP contribution in [0.5, 0.6) is 0 Å². The van der Waals surface area contributed by atoms with Gasteiger partial charge in [-0.3, -0.25) is 0 Å². The molecular weight excluding hydrogens is 224 g/mol. The Hall–Kier alpha value is -1.37. The molecule has 3 heteroatoms. The predicted molar refractivity (Wildman–Crippen MR) is 71.0 cm³/mol. The van der Waals surface area contributed by atoms with Gasteiger partial charge in [0.05, 0.1) is 17.7 Å². The van der Waals surface area contributed by atoms with Crippen molar-refractivity contribution < 1.29 is 5.11 Å². The zero-order valence-electron chi connectivity index (χ0n) is 10.8. The van der Waals surface area contributed by atoms with Crippen molar-refractivity contribution in [2.24, 2.45) is 0 Å². The fourth-order valence-corrected chi connectivity index (χ4v) is 2.65. The second-order valence-corrected chi connectivity index (χ2v) is 5.18. The summed E-state index contributed by atoms with van der Waals surface area (Å²) in [7, 11) is 0. The molecule has 1 aromatic rings. The van der Waals surface area contributed by atoms with E-state index in [2.05, 4.69) is 18.3 Å². The monoisotopic (exact) mass is 244 g/mol. The van der Waals surface area contributed by atoms with Gasteiger partial charge in [-0.15, -0.1) is 0 Å². The number of nitrogens with one attached hydrogen (secondary N) is 1. The molecular formula is C15H20N2O. The highest BCUT2D eigenvalue weighted by atomic mass is 16.3. The Balaban J connectivity index is 1.98.